The summed E-state index contributed by atoms with van der Waals surface area (Å²) in [6.45, 7) is 11.0. The van der Waals surface area contributed by atoms with Gasteiger partial charge in [-0.1, -0.05) is 48.0 Å². The summed E-state index contributed by atoms with van der Waals surface area (Å²) in [6, 6.07) is -11.2. The molecule has 10 atom stereocenters. The first-order valence-corrected chi connectivity index (χ1v) is 25.8. The average Bonchev–Trinajstić information content (AvgIpc) is 4.22. The van der Waals surface area contributed by atoms with Crippen molar-refractivity contribution in [3.8, 4) is 0 Å². The van der Waals surface area contributed by atoms with Gasteiger partial charge in [-0.25, -0.2) is 14.8 Å². The van der Waals surface area contributed by atoms with E-state index in [2.05, 4.69) is 51.8 Å². The summed E-state index contributed by atoms with van der Waals surface area (Å²) in [5.74, 6) is -9.82. The molecule has 8 amide bonds. The number of H-pyrrole nitrogens is 2. The third kappa shape index (κ3) is 17.9. The second-order valence-electron chi connectivity index (χ2n) is 20.2. The van der Waals surface area contributed by atoms with Crippen LogP contribution in [0.4, 0.5) is 0 Å². The van der Waals surface area contributed by atoms with Crippen LogP contribution in [0.5, 0.6) is 0 Å². The minimum atomic E-state index is -1.75. The van der Waals surface area contributed by atoms with E-state index in [1.165, 1.54) is 28.7 Å². The standard InChI is InChI=1S/C49H78N14O12/c1-7-28(6)40(46(71)56-32(12-8-9-15-50)41(66)59-35(49(74)75)18-26(2)3)61-42(67)33(21-38(64)65)57-43(68)36-13-11-17-63(36)48(73)34(20-30-23-53-25-55-30)58-45(70)39(27(4)5)60-44(69)37-14-10-16-62(37)47(72)31(51)19-29-22-52-24-54-29/h22-28,31-37,39-40H,7-21,50-51H2,1-6H3,(H,52,54)(H,53,55)(H,56,71)(H,57,68)(H,58,70)(H,59,66)(H,60,69)(H,61,67)(H,64,65)(H,74,75)/t28-,31-,32-,33-,34-,35-,36-,37-,39-,40-/m0/s1. The number of nitrogens with two attached hydrogens (primary N) is 2. The fourth-order valence-corrected chi connectivity index (χ4v) is 9.20. The molecule has 26 nitrogen and oxygen atoms in total. The van der Waals surface area contributed by atoms with Gasteiger partial charge in [0.1, 0.15) is 48.3 Å². The van der Waals surface area contributed by atoms with Crippen molar-refractivity contribution in [2.24, 2.45) is 29.2 Å². The van der Waals surface area contributed by atoms with E-state index in [-0.39, 0.29) is 51.1 Å². The number of carbonyl (C=O) groups is 10. The average molecular weight is 1060 g/mol. The predicted octanol–water partition coefficient (Wildman–Crippen LogP) is -1.43. The smallest absolute Gasteiger partial charge is 0.326 e. The van der Waals surface area contributed by atoms with Crippen LogP contribution in [-0.4, -0.2) is 173 Å². The lowest BCUT2D eigenvalue weighted by Gasteiger charge is -2.32. The highest BCUT2D eigenvalue weighted by Gasteiger charge is 2.43. The Hall–Kier alpha value is -6.96. The number of unbranched alkanes of at least 4 members (excludes halogenated alkanes) is 1. The molecule has 2 saturated heterocycles. The fraction of sp³-hybridized carbons (Fsp3) is 0.673. The first-order chi connectivity index (χ1) is 35.6. The lowest BCUT2D eigenvalue weighted by atomic mass is 9.96. The van der Waals surface area contributed by atoms with Gasteiger partial charge in [-0.3, -0.25) is 43.2 Å². The Morgan fingerprint density at radius 2 is 1.20 bits per heavy atom. The summed E-state index contributed by atoms with van der Waals surface area (Å²) in [5, 5.41) is 35.4. The maximum Gasteiger partial charge on any atom is 0.326 e. The molecule has 14 N–H and O–H groups in total. The summed E-state index contributed by atoms with van der Waals surface area (Å²) < 4.78 is 0. The minimum Gasteiger partial charge on any atom is -0.481 e. The van der Waals surface area contributed by atoms with E-state index in [9.17, 15) is 58.2 Å². The van der Waals surface area contributed by atoms with Crippen molar-refractivity contribution >= 4 is 59.2 Å². The number of aromatic nitrogens is 4. The third-order valence-electron chi connectivity index (χ3n) is 13.5. The van der Waals surface area contributed by atoms with Crippen molar-refractivity contribution < 1.29 is 58.2 Å². The SMILES string of the molecule is CC[C@H](C)[C@H](NC(=O)[C@H](CC(=O)O)NC(=O)[C@@H]1CCCN1C(=O)[C@H](Cc1cnc[nH]1)NC(=O)[C@@H](NC(=O)[C@@H]1CCCN1C(=O)[C@@H](N)Cc1cnc[nH]1)C(C)C)C(=O)N[C@@H](CCCCN)C(=O)N[C@@H](CC(C)C)C(=O)O. The van der Waals surface area contributed by atoms with Crippen molar-refractivity contribution in [2.45, 2.75) is 173 Å². The molecule has 4 heterocycles. The number of carboxylic acids is 2. The van der Waals surface area contributed by atoms with Crippen LogP contribution in [0.2, 0.25) is 0 Å². The van der Waals surface area contributed by atoms with Crippen molar-refractivity contribution in [3.63, 3.8) is 0 Å². The van der Waals surface area contributed by atoms with Crippen LogP contribution in [0.25, 0.3) is 0 Å². The molecule has 0 aliphatic carbocycles. The summed E-state index contributed by atoms with van der Waals surface area (Å²) in [6.07, 6.45) is 7.68. The molecule has 2 fully saturated rings. The van der Waals surface area contributed by atoms with E-state index in [4.69, 9.17) is 11.5 Å². The highest BCUT2D eigenvalue weighted by atomic mass is 16.4. The zero-order valence-corrected chi connectivity index (χ0v) is 43.8. The lowest BCUT2D eigenvalue weighted by molar-refractivity contribution is -0.144. The molecule has 0 bridgehead atoms. The van der Waals surface area contributed by atoms with Gasteiger partial charge < -0.3 is 73.3 Å². The Labute approximate surface area is 436 Å². The molecule has 0 spiro atoms. The van der Waals surface area contributed by atoms with Gasteiger partial charge in [0.2, 0.25) is 47.3 Å². The first kappa shape index (κ1) is 60.6. The number of aromatic amines is 2. The van der Waals surface area contributed by atoms with E-state index in [0.717, 1.165) is 0 Å². The molecular weight excluding hydrogens is 977 g/mol. The van der Waals surface area contributed by atoms with Gasteiger partial charge in [0, 0.05) is 49.7 Å². The monoisotopic (exact) mass is 1050 g/mol. The van der Waals surface area contributed by atoms with Crippen LogP contribution in [0.1, 0.15) is 117 Å². The van der Waals surface area contributed by atoms with Crippen LogP contribution in [-0.2, 0) is 60.8 Å². The predicted molar refractivity (Wildman–Crippen MR) is 270 cm³/mol. The van der Waals surface area contributed by atoms with Gasteiger partial charge in [-0.15, -0.1) is 0 Å². The summed E-state index contributed by atoms with van der Waals surface area (Å²) in [7, 11) is 0. The maximum absolute atomic E-state index is 14.6. The van der Waals surface area contributed by atoms with E-state index in [1.54, 1.807) is 47.7 Å². The van der Waals surface area contributed by atoms with Gasteiger partial charge in [0.05, 0.1) is 25.1 Å². The number of carbonyl (C=O) groups excluding carboxylic acids is 8. The van der Waals surface area contributed by atoms with Gasteiger partial charge in [-0.05, 0) is 75.7 Å². The molecule has 0 radical (unpaired) electrons. The normalized spacial score (nSPS) is 18.7. The molecule has 75 heavy (non-hydrogen) atoms. The number of rotatable bonds is 30. The number of hydrogen-bond donors (Lipinski definition) is 12. The summed E-state index contributed by atoms with van der Waals surface area (Å²) in [4.78, 5) is 152. The number of aliphatic carboxylic acids is 2. The van der Waals surface area contributed by atoms with Crippen LogP contribution in [0.15, 0.2) is 25.0 Å². The largest absolute Gasteiger partial charge is 0.481 e. The molecule has 2 aliphatic rings. The molecule has 0 unspecified atom stereocenters. The van der Waals surface area contributed by atoms with Gasteiger partial charge in [0.15, 0.2) is 0 Å². The molecule has 0 saturated carbocycles. The van der Waals surface area contributed by atoms with Crippen LogP contribution < -0.4 is 43.4 Å². The molecule has 416 valence electrons. The third-order valence-corrected chi connectivity index (χ3v) is 13.5. The number of nitrogens with zero attached hydrogens (tertiary/aromatic N) is 4. The fourth-order valence-electron chi connectivity index (χ4n) is 9.20. The van der Waals surface area contributed by atoms with Crippen molar-refractivity contribution in [2.75, 3.05) is 19.6 Å². The van der Waals surface area contributed by atoms with Gasteiger partial charge in [0.25, 0.3) is 0 Å². The van der Waals surface area contributed by atoms with E-state index in [0.29, 0.717) is 56.5 Å². The van der Waals surface area contributed by atoms with Crippen molar-refractivity contribution in [1.29, 1.82) is 0 Å². The molecule has 2 aliphatic heterocycles. The van der Waals surface area contributed by atoms with Crippen LogP contribution in [0.3, 0.4) is 0 Å². The Morgan fingerprint density at radius 3 is 1.72 bits per heavy atom. The van der Waals surface area contributed by atoms with Crippen molar-refractivity contribution in [1.82, 2.24) is 61.6 Å². The number of likely N-dealkylation sites (tertiary alicyclic amines) is 2. The van der Waals surface area contributed by atoms with E-state index < -0.39 is 132 Å². The highest BCUT2D eigenvalue weighted by molar-refractivity contribution is 5.99. The minimum absolute atomic E-state index is 0.0431. The van der Waals surface area contributed by atoms with E-state index in [1.807, 2.05) is 0 Å². The highest BCUT2D eigenvalue weighted by Crippen LogP contribution is 2.23. The maximum atomic E-state index is 14.6. The molecule has 2 aromatic heterocycles. The van der Waals surface area contributed by atoms with Crippen molar-refractivity contribution in [3.05, 3.63) is 36.4 Å². The Bertz CT molecular complexity index is 2260. The Kier molecular flexibility index (Phi) is 23.6. The van der Waals surface area contributed by atoms with Crippen LogP contribution in [0, 0.1) is 17.8 Å². The number of imidazole rings is 2. The molecule has 2 aromatic rings. The number of hydrogen-bond acceptors (Lipinski definition) is 14. The topological polar surface area (TPSA) is 399 Å². The molecular formula is C49H78N14O12. The van der Waals surface area contributed by atoms with Gasteiger partial charge >= 0.3 is 11.9 Å². The molecule has 4 rings (SSSR count). The Morgan fingerprint density at radius 1 is 0.667 bits per heavy atom. The lowest BCUT2D eigenvalue weighted by Crippen LogP contribution is -2.61. The second-order valence-corrected chi connectivity index (χ2v) is 20.2. The summed E-state index contributed by atoms with van der Waals surface area (Å²) >= 11 is 0. The number of carboxylic acid groups (broad SMARTS) is 2. The van der Waals surface area contributed by atoms with E-state index >= 15 is 0 Å². The quantitative estimate of drug-likeness (QED) is 0.0399. The first-order valence-electron chi connectivity index (χ1n) is 25.8. The summed E-state index contributed by atoms with van der Waals surface area (Å²) in [5.41, 5.74) is 13.0. The zero-order chi connectivity index (χ0) is 55.5. The second kappa shape index (κ2) is 29.2. The molecule has 0 aromatic carbocycles. The zero-order valence-electron chi connectivity index (χ0n) is 43.8. The van der Waals surface area contributed by atoms with Crippen LogP contribution >= 0.6 is 0 Å². The number of nitrogens with one attached hydrogen (secondary N) is 8. The Balaban J connectivity index is 1.50. The number of amides is 8. The molecule has 26 heteroatoms. The van der Waals surface area contributed by atoms with Gasteiger partial charge in [-0.2, -0.15) is 0 Å².